The molecule has 1 unspecified atom stereocenters. The van der Waals surface area contributed by atoms with Gasteiger partial charge in [-0.1, -0.05) is 32.9 Å². The zero-order valence-corrected chi connectivity index (χ0v) is 11.5. The summed E-state index contributed by atoms with van der Waals surface area (Å²) in [7, 11) is 1.75. The van der Waals surface area contributed by atoms with E-state index in [1.807, 2.05) is 0 Å². The first-order valence-corrected chi connectivity index (χ1v) is 6.45. The molecule has 0 aliphatic carbocycles. The van der Waals surface area contributed by atoms with Gasteiger partial charge in [0, 0.05) is 0 Å². The van der Waals surface area contributed by atoms with Crippen LogP contribution in [0.15, 0.2) is 18.2 Å². The summed E-state index contributed by atoms with van der Waals surface area (Å²) < 4.78 is 5.48. The summed E-state index contributed by atoms with van der Waals surface area (Å²) in [4.78, 5) is 0. The van der Waals surface area contributed by atoms with Crippen molar-refractivity contribution in [1.82, 2.24) is 0 Å². The molecule has 0 amide bonds. The first-order valence-electron chi connectivity index (χ1n) is 6.45. The highest BCUT2D eigenvalue weighted by molar-refractivity contribution is 5.39. The molecule has 0 spiro atoms. The summed E-state index contributed by atoms with van der Waals surface area (Å²) in [6, 6.07) is 6.56. The summed E-state index contributed by atoms with van der Waals surface area (Å²) in [5.74, 6) is 2.17. The summed E-state index contributed by atoms with van der Waals surface area (Å²) in [5.41, 5.74) is 8.21. The fourth-order valence-corrected chi connectivity index (χ4v) is 2.05. The third kappa shape index (κ3) is 4.04. The van der Waals surface area contributed by atoms with Gasteiger partial charge < -0.3 is 10.5 Å². The van der Waals surface area contributed by atoms with Gasteiger partial charge in [-0.2, -0.15) is 0 Å². The number of methoxy groups -OCH3 is 1. The van der Waals surface area contributed by atoms with Crippen LogP contribution in [0.25, 0.3) is 0 Å². The molecule has 1 aromatic carbocycles. The molecule has 0 aromatic heterocycles. The maximum absolute atomic E-state index is 5.59. The van der Waals surface area contributed by atoms with Crippen molar-refractivity contribution in [3.63, 3.8) is 0 Å². The Morgan fingerprint density at radius 2 is 1.94 bits per heavy atom. The maximum Gasteiger partial charge on any atom is 0.122 e. The van der Waals surface area contributed by atoms with Crippen LogP contribution < -0.4 is 10.5 Å². The van der Waals surface area contributed by atoms with E-state index < -0.39 is 0 Å². The number of benzene rings is 1. The van der Waals surface area contributed by atoms with Gasteiger partial charge in [-0.15, -0.1) is 0 Å². The largest absolute Gasteiger partial charge is 0.496 e. The molecule has 0 saturated heterocycles. The Hall–Kier alpha value is -1.02. The van der Waals surface area contributed by atoms with Gasteiger partial charge in [0.1, 0.15) is 5.75 Å². The topological polar surface area (TPSA) is 35.2 Å². The lowest BCUT2D eigenvalue weighted by Crippen LogP contribution is -2.09. The van der Waals surface area contributed by atoms with Gasteiger partial charge in [0.15, 0.2) is 0 Å². The Balaban J connectivity index is 2.85. The van der Waals surface area contributed by atoms with Crippen molar-refractivity contribution in [3.05, 3.63) is 29.3 Å². The standard InChI is InChI=1S/C15H25NO/c1-11(2)13-5-6-14(15(10-13)17-4)9-12(3)7-8-16/h5-6,10-12H,7-9,16H2,1-4H3. The lowest BCUT2D eigenvalue weighted by Gasteiger charge is -2.15. The maximum atomic E-state index is 5.59. The van der Waals surface area contributed by atoms with E-state index in [1.54, 1.807) is 7.11 Å². The van der Waals surface area contributed by atoms with Crippen molar-refractivity contribution in [2.75, 3.05) is 13.7 Å². The van der Waals surface area contributed by atoms with Crippen molar-refractivity contribution >= 4 is 0 Å². The molecule has 0 saturated carbocycles. The van der Waals surface area contributed by atoms with Crippen molar-refractivity contribution in [2.45, 2.75) is 39.5 Å². The minimum atomic E-state index is 0.541. The molecular formula is C15H25NO. The zero-order chi connectivity index (χ0) is 12.8. The lowest BCUT2D eigenvalue weighted by molar-refractivity contribution is 0.403. The van der Waals surface area contributed by atoms with Gasteiger partial charge in [0.05, 0.1) is 7.11 Å². The molecule has 2 nitrogen and oxygen atoms in total. The first-order chi connectivity index (χ1) is 8.08. The molecule has 0 bridgehead atoms. The Morgan fingerprint density at radius 1 is 1.24 bits per heavy atom. The fourth-order valence-electron chi connectivity index (χ4n) is 2.05. The summed E-state index contributed by atoms with van der Waals surface area (Å²) in [6.07, 6.45) is 2.10. The Kier molecular flexibility index (Phi) is 5.49. The first kappa shape index (κ1) is 14.0. The van der Waals surface area contributed by atoms with Gasteiger partial charge in [0.25, 0.3) is 0 Å². The number of hydrogen-bond acceptors (Lipinski definition) is 2. The number of hydrogen-bond donors (Lipinski definition) is 1. The van der Waals surface area contributed by atoms with Crippen molar-refractivity contribution in [3.8, 4) is 5.75 Å². The fraction of sp³-hybridized carbons (Fsp3) is 0.600. The highest BCUT2D eigenvalue weighted by Crippen LogP contribution is 2.27. The molecule has 1 aromatic rings. The second kappa shape index (κ2) is 6.65. The summed E-state index contributed by atoms with van der Waals surface area (Å²) >= 11 is 0. The number of ether oxygens (including phenoxy) is 1. The van der Waals surface area contributed by atoms with E-state index in [0.29, 0.717) is 11.8 Å². The molecule has 96 valence electrons. The third-order valence-electron chi connectivity index (χ3n) is 3.21. The summed E-state index contributed by atoms with van der Waals surface area (Å²) in [6.45, 7) is 7.40. The van der Waals surface area contributed by atoms with Crippen LogP contribution in [0.2, 0.25) is 0 Å². The second-order valence-corrected chi connectivity index (χ2v) is 5.11. The molecule has 1 atom stereocenters. The van der Waals surface area contributed by atoms with Crippen LogP contribution in [-0.2, 0) is 6.42 Å². The molecule has 0 heterocycles. The van der Waals surface area contributed by atoms with E-state index in [2.05, 4.69) is 39.0 Å². The predicted octanol–water partition coefficient (Wildman–Crippen LogP) is 3.35. The highest BCUT2D eigenvalue weighted by Gasteiger charge is 2.10. The van der Waals surface area contributed by atoms with E-state index in [4.69, 9.17) is 10.5 Å². The minimum absolute atomic E-state index is 0.541. The normalized spacial score (nSPS) is 12.8. The molecule has 0 fully saturated rings. The number of nitrogens with two attached hydrogens (primary N) is 1. The van der Waals surface area contributed by atoms with Gasteiger partial charge in [-0.05, 0) is 48.4 Å². The lowest BCUT2D eigenvalue weighted by atomic mass is 9.94. The van der Waals surface area contributed by atoms with Crippen LogP contribution in [0.1, 0.15) is 44.2 Å². The molecule has 0 radical (unpaired) electrons. The van der Waals surface area contributed by atoms with E-state index >= 15 is 0 Å². The van der Waals surface area contributed by atoms with E-state index in [0.717, 1.165) is 25.1 Å². The van der Waals surface area contributed by atoms with Gasteiger partial charge in [-0.3, -0.25) is 0 Å². The van der Waals surface area contributed by atoms with Crippen LogP contribution >= 0.6 is 0 Å². The summed E-state index contributed by atoms with van der Waals surface area (Å²) in [5, 5.41) is 0. The Morgan fingerprint density at radius 3 is 2.47 bits per heavy atom. The van der Waals surface area contributed by atoms with Gasteiger partial charge >= 0.3 is 0 Å². The van der Waals surface area contributed by atoms with E-state index in [-0.39, 0.29) is 0 Å². The van der Waals surface area contributed by atoms with Crippen molar-refractivity contribution in [2.24, 2.45) is 11.7 Å². The van der Waals surface area contributed by atoms with Crippen LogP contribution in [-0.4, -0.2) is 13.7 Å². The monoisotopic (exact) mass is 235 g/mol. The second-order valence-electron chi connectivity index (χ2n) is 5.11. The van der Waals surface area contributed by atoms with E-state index in [9.17, 15) is 0 Å². The minimum Gasteiger partial charge on any atom is -0.496 e. The predicted molar refractivity (Wildman–Crippen MR) is 73.6 cm³/mol. The zero-order valence-electron chi connectivity index (χ0n) is 11.5. The average molecular weight is 235 g/mol. The third-order valence-corrected chi connectivity index (χ3v) is 3.21. The quantitative estimate of drug-likeness (QED) is 0.820. The molecule has 0 aliphatic rings. The van der Waals surface area contributed by atoms with Crippen molar-refractivity contribution < 1.29 is 4.74 Å². The SMILES string of the molecule is COc1cc(C(C)C)ccc1CC(C)CCN. The van der Waals surface area contributed by atoms with Crippen LogP contribution in [0, 0.1) is 5.92 Å². The smallest absolute Gasteiger partial charge is 0.122 e. The number of rotatable bonds is 6. The van der Waals surface area contributed by atoms with E-state index in [1.165, 1.54) is 11.1 Å². The molecule has 2 heteroatoms. The van der Waals surface area contributed by atoms with Crippen LogP contribution in [0.3, 0.4) is 0 Å². The van der Waals surface area contributed by atoms with Crippen LogP contribution in [0.4, 0.5) is 0 Å². The van der Waals surface area contributed by atoms with Crippen molar-refractivity contribution in [1.29, 1.82) is 0 Å². The van der Waals surface area contributed by atoms with Crippen LogP contribution in [0.5, 0.6) is 5.75 Å². The molecule has 17 heavy (non-hydrogen) atoms. The molecule has 0 aliphatic heterocycles. The molecule has 2 N–H and O–H groups in total. The molecule has 1 rings (SSSR count). The Bertz CT molecular complexity index is 347. The van der Waals surface area contributed by atoms with Gasteiger partial charge in [-0.25, -0.2) is 0 Å². The van der Waals surface area contributed by atoms with Gasteiger partial charge in [0.2, 0.25) is 0 Å². The highest BCUT2D eigenvalue weighted by atomic mass is 16.5. The molecular weight excluding hydrogens is 210 g/mol. The Labute approximate surface area is 105 Å². The average Bonchev–Trinajstić information content (AvgIpc) is 2.29.